The van der Waals surface area contributed by atoms with Crippen LogP contribution >= 0.6 is 0 Å². The minimum Gasteiger partial charge on any atom is -0.0622 e. The van der Waals surface area contributed by atoms with Gasteiger partial charge in [0.15, 0.2) is 0 Å². The topological polar surface area (TPSA) is 0 Å². The standard InChI is InChI=1S/C34H30/c1-5-13-27(14-6-1)23-31-21-22-32(24-28-15-7-2-8-16-28)34(26-30-19-11-4-12-20-30)33(31)25-29-17-9-3-10-18-29/h1-22H,23-26H2. The highest BCUT2D eigenvalue weighted by atomic mass is 14.2. The van der Waals surface area contributed by atoms with Gasteiger partial charge in [-0.2, -0.15) is 0 Å². The van der Waals surface area contributed by atoms with Crippen LogP contribution in [-0.2, 0) is 25.7 Å². The molecular weight excluding hydrogens is 408 g/mol. The van der Waals surface area contributed by atoms with Gasteiger partial charge in [-0.05, 0) is 70.2 Å². The van der Waals surface area contributed by atoms with E-state index >= 15 is 0 Å². The van der Waals surface area contributed by atoms with Crippen LogP contribution < -0.4 is 0 Å². The first-order valence-electron chi connectivity index (χ1n) is 12.1. The van der Waals surface area contributed by atoms with E-state index in [-0.39, 0.29) is 0 Å². The summed E-state index contributed by atoms with van der Waals surface area (Å²) in [5.74, 6) is 0. The van der Waals surface area contributed by atoms with Crippen LogP contribution in [-0.4, -0.2) is 0 Å². The zero-order valence-corrected chi connectivity index (χ0v) is 19.5. The molecule has 0 aromatic heterocycles. The average Bonchev–Trinajstić information content (AvgIpc) is 2.90. The molecule has 0 bridgehead atoms. The van der Waals surface area contributed by atoms with Gasteiger partial charge in [-0.3, -0.25) is 0 Å². The van der Waals surface area contributed by atoms with Crippen molar-refractivity contribution >= 4 is 0 Å². The molecule has 0 spiro atoms. The van der Waals surface area contributed by atoms with E-state index in [4.69, 9.17) is 0 Å². The van der Waals surface area contributed by atoms with Crippen LogP contribution in [0.2, 0.25) is 0 Å². The van der Waals surface area contributed by atoms with Crippen molar-refractivity contribution in [2.45, 2.75) is 25.7 Å². The lowest BCUT2D eigenvalue weighted by atomic mass is 9.84. The zero-order valence-electron chi connectivity index (χ0n) is 19.5. The first-order chi connectivity index (χ1) is 16.8. The largest absolute Gasteiger partial charge is 0.0622 e. The van der Waals surface area contributed by atoms with Crippen LogP contribution in [0, 0.1) is 0 Å². The fourth-order valence-electron chi connectivity index (χ4n) is 4.79. The van der Waals surface area contributed by atoms with Gasteiger partial charge in [0.25, 0.3) is 0 Å². The van der Waals surface area contributed by atoms with E-state index in [1.54, 1.807) is 0 Å². The highest BCUT2D eigenvalue weighted by molar-refractivity contribution is 5.49. The van der Waals surface area contributed by atoms with Crippen LogP contribution in [0.3, 0.4) is 0 Å². The van der Waals surface area contributed by atoms with Gasteiger partial charge >= 0.3 is 0 Å². The SMILES string of the molecule is c1ccc(Cc2ccc(Cc3ccccc3)c(Cc3ccccc3)c2Cc2ccccc2)cc1. The summed E-state index contributed by atoms with van der Waals surface area (Å²) in [5.41, 5.74) is 11.3. The lowest BCUT2D eigenvalue weighted by molar-refractivity contribution is 0.995. The summed E-state index contributed by atoms with van der Waals surface area (Å²) in [5, 5.41) is 0. The predicted molar refractivity (Wildman–Crippen MR) is 143 cm³/mol. The third-order valence-corrected chi connectivity index (χ3v) is 6.55. The minimum absolute atomic E-state index is 0.952. The molecule has 0 aliphatic carbocycles. The molecule has 0 unspecified atom stereocenters. The summed E-state index contributed by atoms with van der Waals surface area (Å²) >= 11 is 0. The molecule has 166 valence electrons. The van der Waals surface area contributed by atoms with Crippen LogP contribution in [0.15, 0.2) is 133 Å². The quantitative estimate of drug-likeness (QED) is 0.230. The van der Waals surface area contributed by atoms with E-state index in [1.807, 2.05) is 0 Å². The maximum atomic E-state index is 2.37. The normalized spacial score (nSPS) is 10.8. The van der Waals surface area contributed by atoms with Crippen LogP contribution in [0.25, 0.3) is 0 Å². The van der Waals surface area contributed by atoms with Gasteiger partial charge in [0, 0.05) is 0 Å². The number of benzene rings is 5. The molecule has 0 saturated heterocycles. The summed E-state index contributed by atoms with van der Waals surface area (Å²) in [4.78, 5) is 0. The van der Waals surface area contributed by atoms with Crippen molar-refractivity contribution in [2.24, 2.45) is 0 Å². The molecule has 5 aromatic carbocycles. The van der Waals surface area contributed by atoms with Crippen molar-refractivity contribution in [3.05, 3.63) is 178 Å². The van der Waals surface area contributed by atoms with Crippen molar-refractivity contribution < 1.29 is 0 Å². The van der Waals surface area contributed by atoms with Gasteiger partial charge in [-0.25, -0.2) is 0 Å². The second-order valence-corrected chi connectivity index (χ2v) is 8.99. The van der Waals surface area contributed by atoms with Crippen molar-refractivity contribution in [1.82, 2.24) is 0 Å². The van der Waals surface area contributed by atoms with Crippen LogP contribution in [0.1, 0.15) is 44.5 Å². The Balaban J connectivity index is 1.63. The van der Waals surface area contributed by atoms with Crippen molar-refractivity contribution in [3.8, 4) is 0 Å². The Labute approximate surface area is 203 Å². The molecule has 0 atom stereocenters. The van der Waals surface area contributed by atoms with Crippen LogP contribution in [0.5, 0.6) is 0 Å². The first-order valence-corrected chi connectivity index (χ1v) is 12.1. The molecule has 34 heavy (non-hydrogen) atoms. The molecule has 5 aromatic rings. The molecule has 0 heteroatoms. The highest BCUT2D eigenvalue weighted by Gasteiger charge is 2.16. The van der Waals surface area contributed by atoms with E-state index in [9.17, 15) is 0 Å². The van der Waals surface area contributed by atoms with E-state index in [0.717, 1.165) is 25.7 Å². The Morgan fingerprint density at radius 2 is 0.529 bits per heavy atom. The molecule has 5 rings (SSSR count). The van der Waals surface area contributed by atoms with Gasteiger partial charge in [0.1, 0.15) is 0 Å². The zero-order chi connectivity index (χ0) is 23.0. The van der Waals surface area contributed by atoms with E-state index in [0.29, 0.717) is 0 Å². The molecule has 0 heterocycles. The molecule has 0 fully saturated rings. The van der Waals surface area contributed by atoms with Crippen LogP contribution in [0.4, 0.5) is 0 Å². The summed E-state index contributed by atoms with van der Waals surface area (Å²) < 4.78 is 0. The molecule has 0 aliphatic heterocycles. The average molecular weight is 439 g/mol. The van der Waals surface area contributed by atoms with Gasteiger partial charge in [-0.15, -0.1) is 0 Å². The molecule has 0 aliphatic rings. The second kappa shape index (κ2) is 10.8. The number of hydrogen-bond acceptors (Lipinski definition) is 0. The lowest BCUT2D eigenvalue weighted by Crippen LogP contribution is -2.08. The Morgan fingerprint density at radius 1 is 0.265 bits per heavy atom. The summed E-state index contributed by atoms with van der Waals surface area (Å²) in [6, 6.07) is 48.3. The van der Waals surface area contributed by atoms with Crippen molar-refractivity contribution in [2.75, 3.05) is 0 Å². The monoisotopic (exact) mass is 438 g/mol. The second-order valence-electron chi connectivity index (χ2n) is 8.99. The minimum atomic E-state index is 0.952. The maximum Gasteiger partial charge on any atom is -0.00200 e. The molecule has 0 nitrogen and oxygen atoms in total. The van der Waals surface area contributed by atoms with Gasteiger partial charge in [-0.1, -0.05) is 133 Å². The molecule has 0 amide bonds. The smallest absolute Gasteiger partial charge is 0.00200 e. The Kier molecular flexibility index (Phi) is 6.97. The Hall–Kier alpha value is -3.90. The van der Waals surface area contributed by atoms with E-state index in [2.05, 4.69) is 133 Å². The number of hydrogen-bond donors (Lipinski definition) is 0. The molecule has 0 N–H and O–H groups in total. The molecular formula is C34H30. The van der Waals surface area contributed by atoms with E-state index < -0.39 is 0 Å². The van der Waals surface area contributed by atoms with Gasteiger partial charge < -0.3 is 0 Å². The number of rotatable bonds is 8. The van der Waals surface area contributed by atoms with Gasteiger partial charge in [0.2, 0.25) is 0 Å². The fourth-order valence-corrected chi connectivity index (χ4v) is 4.79. The summed E-state index contributed by atoms with van der Waals surface area (Å²) in [7, 11) is 0. The van der Waals surface area contributed by atoms with Crippen molar-refractivity contribution in [3.63, 3.8) is 0 Å². The molecule has 0 saturated carbocycles. The van der Waals surface area contributed by atoms with Gasteiger partial charge in [0.05, 0.1) is 0 Å². The third-order valence-electron chi connectivity index (χ3n) is 6.55. The fraction of sp³-hybridized carbons (Fsp3) is 0.118. The van der Waals surface area contributed by atoms with E-state index in [1.165, 1.54) is 44.5 Å². The maximum absolute atomic E-state index is 2.37. The van der Waals surface area contributed by atoms with Crippen molar-refractivity contribution in [1.29, 1.82) is 0 Å². The highest BCUT2D eigenvalue weighted by Crippen LogP contribution is 2.29. The summed E-state index contributed by atoms with van der Waals surface area (Å²) in [6.45, 7) is 0. The molecule has 0 radical (unpaired) electrons. The Bertz CT molecular complexity index is 1200. The Morgan fingerprint density at radius 3 is 0.824 bits per heavy atom. The predicted octanol–water partition coefficient (Wildman–Crippen LogP) is 8.05. The summed E-state index contributed by atoms with van der Waals surface area (Å²) in [6.07, 6.45) is 3.81. The third kappa shape index (κ3) is 5.53. The lowest BCUT2D eigenvalue weighted by Gasteiger charge is -2.20. The first kappa shape index (κ1) is 21.9.